The van der Waals surface area contributed by atoms with Crippen molar-refractivity contribution in [2.45, 2.75) is 37.5 Å². The lowest BCUT2D eigenvalue weighted by atomic mass is 9.95. The molecule has 6 nitrogen and oxygen atoms in total. The van der Waals surface area contributed by atoms with Crippen LogP contribution >= 0.6 is 0 Å². The first-order chi connectivity index (χ1) is 15.8. The van der Waals surface area contributed by atoms with E-state index in [1.165, 1.54) is 6.07 Å². The van der Waals surface area contributed by atoms with Gasteiger partial charge in [0.25, 0.3) is 6.02 Å². The summed E-state index contributed by atoms with van der Waals surface area (Å²) in [7, 11) is -1.45. The largest absolute Gasteiger partial charge is 0.457 e. The van der Waals surface area contributed by atoms with E-state index in [1.807, 2.05) is 56.4 Å². The standard InChI is InChI=1S/C16H17N3O2S.C9H11FO/c1-16(2)14(22(20)19-15(17)21-16)12-7-5-11(6-8-12)13-4-3-9-18-10-13;10-9-6-2-1-4-8(9)5-3-7-11/h3-10,14H,1-2H3,(H2,17,19);1-2,4,6,11H,3,5,7H2. The lowest BCUT2D eigenvalue weighted by Crippen LogP contribution is -2.43. The van der Waals surface area contributed by atoms with Gasteiger partial charge in [0.05, 0.1) is 0 Å². The Hall–Kier alpha value is -3.10. The molecule has 0 spiro atoms. The first kappa shape index (κ1) is 24.5. The smallest absolute Gasteiger partial charge is 0.296 e. The van der Waals surface area contributed by atoms with Crippen molar-refractivity contribution in [3.05, 3.63) is 90.0 Å². The molecule has 0 aliphatic carbocycles. The number of aliphatic hydroxyl groups is 1. The van der Waals surface area contributed by atoms with Crippen molar-refractivity contribution in [1.82, 2.24) is 4.98 Å². The molecular formula is C25H28FN3O3S. The Morgan fingerprint density at radius 2 is 1.82 bits per heavy atom. The zero-order valence-corrected chi connectivity index (χ0v) is 19.5. The molecule has 174 valence electrons. The van der Waals surface area contributed by atoms with E-state index in [2.05, 4.69) is 9.38 Å². The highest BCUT2D eigenvalue weighted by Gasteiger charge is 2.41. The highest BCUT2D eigenvalue weighted by molar-refractivity contribution is 7.84. The number of nitrogens with two attached hydrogens (primary N) is 1. The minimum absolute atomic E-state index is 0.0217. The average Bonchev–Trinajstić information content (AvgIpc) is 2.79. The Kier molecular flexibility index (Phi) is 8.30. The lowest BCUT2D eigenvalue weighted by molar-refractivity contribution is 0.0848. The number of nitrogens with zero attached hydrogens (tertiary/aromatic N) is 2. The molecule has 4 rings (SSSR count). The van der Waals surface area contributed by atoms with Gasteiger partial charge in [-0.15, -0.1) is 4.40 Å². The van der Waals surface area contributed by atoms with E-state index in [0.29, 0.717) is 18.4 Å². The number of halogens is 1. The molecule has 1 aromatic heterocycles. The zero-order chi connectivity index (χ0) is 23.8. The minimum atomic E-state index is -1.45. The van der Waals surface area contributed by atoms with E-state index in [0.717, 1.165) is 16.7 Å². The van der Waals surface area contributed by atoms with Crippen LogP contribution < -0.4 is 5.73 Å². The quantitative estimate of drug-likeness (QED) is 0.580. The molecule has 0 fully saturated rings. The van der Waals surface area contributed by atoms with Gasteiger partial charge in [-0.1, -0.05) is 48.5 Å². The summed E-state index contributed by atoms with van der Waals surface area (Å²) in [6.45, 7) is 3.85. The Balaban J connectivity index is 0.000000235. The molecule has 3 aromatic rings. The molecule has 1 aliphatic rings. The highest BCUT2D eigenvalue weighted by Crippen LogP contribution is 2.38. The Morgan fingerprint density at radius 3 is 2.42 bits per heavy atom. The van der Waals surface area contributed by atoms with Gasteiger partial charge < -0.3 is 15.6 Å². The Bertz CT molecular complexity index is 1110. The van der Waals surface area contributed by atoms with Crippen molar-refractivity contribution < 1.29 is 18.4 Å². The number of aromatic nitrogens is 1. The molecule has 0 saturated carbocycles. The van der Waals surface area contributed by atoms with Gasteiger partial charge in [-0.05, 0) is 61.1 Å². The highest BCUT2D eigenvalue weighted by atomic mass is 32.2. The van der Waals surface area contributed by atoms with Crippen LogP contribution in [0.5, 0.6) is 0 Å². The fourth-order valence-corrected chi connectivity index (χ4v) is 4.84. The summed E-state index contributed by atoms with van der Waals surface area (Å²) in [5.41, 5.74) is 8.58. The summed E-state index contributed by atoms with van der Waals surface area (Å²) in [5, 5.41) is 8.14. The monoisotopic (exact) mass is 469 g/mol. The second-order valence-electron chi connectivity index (χ2n) is 8.07. The SMILES string of the molecule is CC1(C)OC(N)=NS(=O)C1c1ccc(-c2cccnc2)cc1.OCCCc1ccccc1F. The van der Waals surface area contributed by atoms with E-state index < -0.39 is 16.6 Å². The maximum absolute atomic E-state index is 12.8. The molecule has 1 aliphatic heterocycles. The van der Waals surface area contributed by atoms with E-state index in [-0.39, 0.29) is 23.7 Å². The zero-order valence-electron chi connectivity index (χ0n) is 18.6. The number of pyridine rings is 1. The van der Waals surface area contributed by atoms with Gasteiger partial charge in [0.1, 0.15) is 16.7 Å². The number of aryl methyl sites for hydroxylation is 1. The molecule has 2 aromatic carbocycles. The van der Waals surface area contributed by atoms with Crippen molar-refractivity contribution in [2.24, 2.45) is 10.1 Å². The van der Waals surface area contributed by atoms with Gasteiger partial charge in [-0.25, -0.2) is 8.60 Å². The van der Waals surface area contributed by atoms with Crippen molar-refractivity contribution >= 4 is 17.0 Å². The maximum Gasteiger partial charge on any atom is 0.296 e. The van der Waals surface area contributed by atoms with Crippen LogP contribution in [0.25, 0.3) is 11.1 Å². The number of rotatable bonds is 5. The normalized spacial score (nSPS) is 19.0. The Labute approximate surface area is 196 Å². The first-order valence-electron chi connectivity index (χ1n) is 10.6. The maximum atomic E-state index is 12.8. The van der Waals surface area contributed by atoms with Crippen molar-refractivity contribution in [1.29, 1.82) is 0 Å². The third-order valence-corrected chi connectivity index (χ3v) is 6.75. The molecular weight excluding hydrogens is 441 g/mol. The van der Waals surface area contributed by atoms with E-state index in [4.69, 9.17) is 15.6 Å². The molecule has 8 heteroatoms. The average molecular weight is 470 g/mol. The summed E-state index contributed by atoms with van der Waals surface area (Å²) in [6, 6.07) is 18.4. The number of benzene rings is 2. The van der Waals surface area contributed by atoms with Crippen LogP contribution in [-0.2, 0) is 22.1 Å². The summed E-state index contributed by atoms with van der Waals surface area (Å²) in [4.78, 5) is 4.12. The molecule has 2 unspecified atom stereocenters. The van der Waals surface area contributed by atoms with Crippen LogP contribution in [0.4, 0.5) is 4.39 Å². The summed E-state index contributed by atoms with van der Waals surface area (Å²) >= 11 is 0. The van der Waals surface area contributed by atoms with Crippen LogP contribution in [0.2, 0.25) is 0 Å². The molecule has 0 saturated heterocycles. The van der Waals surface area contributed by atoms with Gasteiger partial charge in [0, 0.05) is 19.0 Å². The molecule has 2 heterocycles. The predicted octanol–water partition coefficient (Wildman–Crippen LogP) is 4.33. The number of ether oxygens (including phenoxy) is 1. The molecule has 33 heavy (non-hydrogen) atoms. The molecule has 0 radical (unpaired) electrons. The fourth-order valence-electron chi connectivity index (χ4n) is 3.60. The Morgan fingerprint density at radius 1 is 1.09 bits per heavy atom. The van der Waals surface area contributed by atoms with Crippen LogP contribution in [0.15, 0.2) is 77.5 Å². The van der Waals surface area contributed by atoms with Crippen molar-refractivity contribution in [3.63, 3.8) is 0 Å². The van der Waals surface area contributed by atoms with Gasteiger partial charge in [0.2, 0.25) is 0 Å². The predicted molar refractivity (Wildman–Crippen MR) is 129 cm³/mol. The summed E-state index contributed by atoms with van der Waals surface area (Å²) in [6.07, 6.45) is 4.79. The van der Waals surface area contributed by atoms with E-state index in [1.54, 1.807) is 24.4 Å². The van der Waals surface area contributed by atoms with Gasteiger partial charge in [0.15, 0.2) is 11.0 Å². The van der Waals surface area contributed by atoms with Gasteiger partial charge in [-0.3, -0.25) is 4.98 Å². The minimum Gasteiger partial charge on any atom is -0.457 e. The molecule has 2 atom stereocenters. The number of aliphatic hydroxyl groups excluding tert-OH is 1. The van der Waals surface area contributed by atoms with Crippen LogP contribution in [0.1, 0.15) is 36.6 Å². The van der Waals surface area contributed by atoms with Crippen LogP contribution in [-0.4, -0.2) is 32.5 Å². The molecule has 0 amide bonds. The molecule has 0 bridgehead atoms. The van der Waals surface area contributed by atoms with Gasteiger partial charge in [-0.2, -0.15) is 0 Å². The second-order valence-corrected chi connectivity index (χ2v) is 9.28. The summed E-state index contributed by atoms with van der Waals surface area (Å²) in [5.74, 6) is -0.180. The topological polar surface area (TPSA) is 97.8 Å². The van der Waals surface area contributed by atoms with E-state index >= 15 is 0 Å². The third kappa shape index (κ3) is 6.46. The lowest BCUT2D eigenvalue weighted by Gasteiger charge is -2.35. The van der Waals surface area contributed by atoms with E-state index in [9.17, 15) is 8.60 Å². The van der Waals surface area contributed by atoms with Crippen molar-refractivity contribution in [3.8, 4) is 11.1 Å². The third-order valence-electron chi connectivity index (χ3n) is 5.15. The fraction of sp³-hybridized carbons (Fsp3) is 0.280. The first-order valence-corrected chi connectivity index (χ1v) is 11.8. The van der Waals surface area contributed by atoms with Crippen LogP contribution in [0, 0.1) is 5.82 Å². The molecule has 3 N–H and O–H groups in total. The number of amidine groups is 1. The number of hydrogen-bond donors (Lipinski definition) is 2. The number of hydrogen-bond acceptors (Lipinski definition) is 5. The second kappa shape index (κ2) is 11.2. The van der Waals surface area contributed by atoms with Crippen molar-refractivity contribution in [2.75, 3.05) is 6.61 Å². The van der Waals surface area contributed by atoms with Gasteiger partial charge >= 0.3 is 0 Å². The van der Waals surface area contributed by atoms with Crippen LogP contribution in [0.3, 0.4) is 0 Å². The summed E-state index contributed by atoms with van der Waals surface area (Å²) < 4.78 is 34.6.